The van der Waals surface area contributed by atoms with Gasteiger partial charge in [-0.1, -0.05) is 17.9 Å². The van der Waals surface area contributed by atoms with Gasteiger partial charge in [0.25, 0.3) is 0 Å². The second-order valence-corrected chi connectivity index (χ2v) is 6.19. The molecule has 9 nitrogen and oxygen atoms in total. The van der Waals surface area contributed by atoms with Crippen molar-refractivity contribution in [1.29, 1.82) is 0 Å². The number of rotatable bonds is 3. The standard InChI is InChI=1S/C21H19N7O2/c1-13(29)26-16-3-2-4-17(11-16)28-21(30)27-15-8-5-14(6-9-15)7-10-18-19(22)24-12-25-20(18)23/h2-6,8-9,11-12H,1H3,(H,26,29)(H2,27,28,30)(H4,22,23,24,25). The second kappa shape index (κ2) is 9.07. The highest BCUT2D eigenvalue weighted by Gasteiger charge is 2.05. The minimum Gasteiger partial charge on any atom is -0.382 e. The molecule has 1 aromatic heterocycles. The van der Waals surface area contributed by atoms with Crippen molar-refractivity contribution in [3.8, 4) is 11.8 Å². The fraction of sp³-hybridized carbons (Fsp3) is 0.0476. The molecule has 0 spiro atoms. The van der Waals surface area contributed by atoms with Gasteiger partial charge in [0.1, 0.15) is 23.5 Å². The fourth-order valence-electron chi connectivity index (χ4n) is 2.48. The molecule has 0 aliphatic heterocycles. The number of nitrogens with zero attached hydrogens (tertiary/aromatic N) is 2. The summed E-state index contributed by atoms with van der Waals surface area (Å²) in [5, 5.41) is 8.09. The molecule has 0 atom stereocenters. The molecular weight excluding hydrogens is 382 g/mol. The first-order chi connectivity index (χ1) is 14.4. The Morgan fingerprint density at radius 2 is 1.43 bits per heavy atom. The van der Waals surface area contributed by atoms with Crippen LogP contribution in [0.4, 0.5) is 33.5 Å². The van der Waals surface area contributed by atoms with Gasteiger partial charge in [0.05, 0.1) is 0 Å². The van der Waals surface area contributed by atoms with Crippen molar-refractivity contribution in [2.24, 2.45) is 0 Å². The van der Waals surface area contributed by atoms with Crippen LogP contribution >= 0.6 is 0 Å². The predicted molar refractivity (Wildman–Crippen MR) is 117 cm³/mol. The highest BCUT2D eigenvalue weighted by molar-refractivity contribution is 6.00. The van der Waals surface area contributed by atoms with E-state index in [4.69, 9.17) is 11.5 Å². The Bertz CT molecular complexity index is 1130. The quantitative estimate of drug-likeness (QED) is 0.426. The van der Waals surface area contributed by atoms with Gasteiger partial charge >= 0.3 is 6.03 Å². The van der Waals surface area contributed by atoms with E-state index in [0.717, 1.165) is 0 Å². The Balaban J connectivity index is 1.63. The minimum absolute atomic E-state index is 0.190. The third-order valence-electron chi connectivity index (χ3n) is 3.82. The van der Waals surface area contributed by atoms with E-state index in [9.17, 15) is 9.59 Å². The van der Waals surface area contributed by atoms with E-state index in [1.165, 1.54) is 13.3 Å². The molecule has 7 N–H and O–H groups in total. The maximum Gasteiger partial charge on any atom is 0.323 e. The van der Waals surface area contributed by atoms with E-state index in [1.54, 1.807) is 48.5 Å². The summed E-state index contributed by atoms with van der Waals surface area (Å²) in [6.07, 6.45) is 1.28. The minimum atomic E-state index is -0.421. The monoisotopic (exact) mass is 401 g/mol. The van der Waals surface area contributed by atoms with Crippen LogP contribution in [0.15, 0.2) is 54.9 Å². The van der Waals surface area contributed by atoms with Crippen molar-refractivity contribution < 1.29 is 9.59 Å². The van der Waals surface area contributed by atoms with Crippen LogP contribution in [-0.4, -0.2) is 21.9 Å². The Hall–Kier alpha value is -4.58. The van der Waals surface area contributed by atoms with Gasteiger partial charge in [-0.2, -0.15) is 0 Å². The molecule has 2 aromatic carbocycles. The number of anilines is 5. The third-order valence-corrected chi connectivity index (χ3v) is 3.82. The van der Waals surface area contributed by atoms with Crippen molar-refractivity contribution in [3.05, 3.63) is 66.0 Å². The number of carbonyl (C=O) groups excluding carboxylic acids is 2. The zero-order valence-electron chi connectivity index (χ0n) is 16.1. The number of hydrogen-bond acceptors (Lipinski definition) is 6. The van der Waals surface area contributed by atoms with Crippen LogP contribution in [0.25, 0.3) is 0 Å². The lowest BCUT2D eigenvalue weighted by molar-refractivity contribution is -0.114. The number of amides is 3. The summed E-state index contributed by atoms with van der Waals surface area (Å²) < 4.78 is 0. The highest BCUT2D eigenvalue weighted by atomic mass is 16.2. The molecule has 0 fully saturated rings. The van der Waals surface area contributed by atoms with Crippen molar-refractivity contribution in [2.75, 3.05) is 27.4 Å². The van der Waals surface area contributed by atoms with Crippen molar-refractivity contribution >= 4 is 40.6 Å². The van der Waals surface area contributed by atoms with Crippen LogP contribution in [0.5, 0.6) is 0 Å². The molecule has 30 heavy (non-hydrogen) atoms. The van der Waals surface area contributed by atoms with Crippen molar-refractivity contribution in [3.63, 3.8) is 0 Å². The molecule has 0 aliphatic rings. The Labute approximate surface area is 172 Å². The molecule has 3 rings (SSSR count). The van der Waals surface area contributed by atoms with Gasteiger partial charge in [-0.05, 0) is 42.5 Å². The molecular formula is C21H19N7O2. The summed E-state index contributed by atoms with van der Waals surface area (Å²) in [5.41, 5.74) is 14.3. The van der Waals surface area contributed by atoms with Crippen molar-refractivity contribution in [1.82, 2.24) is 9.97 Å². The molecule has 0 radical (unpaired) electrons. The first-order valence-corrected chi connectivity index (χ1v) is 8.84. The number of nitrogen functional groups attached to an aromatic ring is 2. The summed E-state index contributed by atoms with van der Waals surface area (Å²) >= 11 is 0. The topological polar surface area (TPSA) is 148 Å². The van der Waals surface area contributed by atoms with Crippen LogP contribution in [0, 0.1) is 11.8 Å². The average molecular weight is 401 g/mol. The average Bonchev–Trinajstić information content (AvgIpc) is 2.68. The van der Waals surface area contributed by atoms with Gasteiger partial charge in [0, 0.05) is 29.5 Å². The SMILES string of the molecule is CC(=O)Nc1cccc(NC(=O)Nc2ccc(C#Cc3c(N)ncnc3N)cc2)c1. The van der Waals surface area contributed by atoms with Crippen LogP contribution < -0.4 is 27.4 Å². The molecule has 9 heteroatoms. The van der Waals surface area contributed by atoms with Gasteiger partial charge in [-0.15, -0.1) is 0 Å². The van der Waals surface area contributed by atoms with Crippen LogP contribution in [-0.2, 0) is 4.79 Å². The number of aromatic nitrogens is 2. The van der Waals surface area contributed by atoms with Crippen molar-refractivity contribution in [2.45, 2.75) is 6.92 Å². The maximum absolute atomic E-state index is 12.2. The molecule has 0 unspecified atom stereocenters. The Kier molecular flexibility index (Phi) is 6.10. The second-order valence-electron chi connectivity index (χ2n) is 6.19. The van der Waals surface area contributed by atoms with Crippen LogP contribution in [0.1, 0.15) is 18.1 Å². The number of hydrogen-bond donors (Lipinski definition) is 5. The van der Waals surface area contributed by atoms with E-state index in [0.29, 0.717) is 28.2 Å². The van der Waals surface area contributed by atoms with Crippen LogP contribution in [0.2, 0.25) is 0 Å². The highest BCUT2D eigenvalue weighted by Crippen LogP contribution is 2.16. The molecule has 3 aromatic rings. The molecule has 0 saturated carbocycles. The maximum atomic E-state index is 12.2. The zero-order valence-corrected chi connectivity index (χ0v) is 16.1. The largest absolute Gasteiger partial charge is 0.382 e. The molecule has 0 bridgehead atoms. The number of nitrogens with one attached hydrogen (secondary N) is 3. The Morgan fingerprint density at radius 1 is 0.833 bits per heavy atom. The van der Waals surface area contributed by atoms with E-state index in [-0.39, 0.29) is 17.5 Å². The first kappa shape index (κ1) is 20.2. The predicted octanol–water partition coefficient (Wildman–Crippen LogP) is 2.64. The smallest absolute Gasteiger partial charge is 0.323 e. The molecule has 150 valence electrons. The number of nitrogens with two attached hydrogens (primary N) is 2. The lowest BCUT2D eigenvalue weighted by atomic mass is 10.2. The molecule has 0 aliphatic carbocycles. The van der Waals surface area contributed by atoms with Gasteiger partial charge in [0.15, 0.2) is 0 Å². The first-order valence-electron chi connectivity index (χ1n) is 8.84. The summed E-state index contributed by atoms with van der Waals surface area (Å²) in [4.78, 5) is 31.1. The van der Waals surface area contributed by atoms with E-state index < -0.39 is 6.03 Å². The Morgan fingerprint density at radius 3 is 2.07 bits per heavy atom. The summed E-state index contributed by atoms with van der Waals surface area (Å²) in [6, 6.07) is 13.3. The van der Waals surface area contributed by atoms with E-state index >= 15 is 0 Å². The lowest BCUT2D eigenvalue weighted by Gasteiger charge is -2.09. The normalized spacial score (nSPS) is 9.77. The fourth-order valence-corrected chi connectivity index (χ4v) is 2.48. The summed E-state index contributed by atoms with van der Waals surface area (Å²) in [5.74, 6) is 6.03. The summed E-state index contributed by atoms with van der Waals surface area (Å²) in [6.45, 7) is 1.42. The number of carbonyl (C=O) groups is 2. The number of urea groups is 1. The zero-order chi connectivity index (χ0) is 21.5. The van der Waals surface area contributed by atoms with E-state index in [2.05, 4.69) is 37.8 Å². The lowest BCUT2D eigenvalue weighted by Crippen LogP contribution is -2.19. The van der Waals surface area contributed by atoms with Gasteiger partial charge in [-0.3, -0.25) is 4.79 Å². The molecule has 0 saturated heterocycles. The van der Waals surface area contributed by atoms with Gasteiger partial charge < -0.3 is 27.4 Å². The number of benzene rings is 2. The molecule has 3 amide bonds. The van der Waals surface area contributed by atoms with E-state index in [1.807, 2.05) is 0 Å². The summed E-state index contributed by atoms with van der Waals surface area (Å²) in [7, 11) is 0. The van der Waals surface area contributed by atoms with Crippen LogP contribution in [0.3, 0.4) is 0 Å². The third kappa shape index (κ3) is 5.46. The van der Waals surface area contributed by atoms with Gasteiger partial charge in [0.2, 0.25) is 5.91 Å². The van der Waals surface area contributed by atoms with Gasteiger partial charge in [-0.25, -0.2) is 14.8 Å². The molecule has 1 heterocycles.